The highest BCUT2D eigenvalue weighted by Crippen LogP contribution is 2.44. The number of benzene rings is 7. The monoisotopic (exact) mass is 892 g/mol. The first-order valence-electron chi connectivity index (χ1n) is 22.8. The molecule has 340 valence electrons. The Hall–Kier alpha value is -7.53. The average molecular weight is 893 g/mol. The molecule has 0 bridgehead atoms. The summed E-state index contributed by atoms with van der Waals surface area (Å²) in [7, 11) is 1.66. The molecule has 0 fully saturated rings. The molecule has 0 aromatic heterocycles. The molecule has 0 heterocycles. The molecule has 7 aromatic rings. The lowest BCUT2D eigenvalue weighted by atomic mass is 9.77. The summed E-state index contributed by atoms with van der Waals surface area (Å²) >= 11 is 0. The molecule has 3 amide bonds. The zero-order valence-corrected chi connectivity index (χ0v) is 37.6. The van der Waals surface area contributed by atoms with Crippen LogP contribution in [0.2, 0.25) is 0 Å². The number of methoxy groups -OCH3 is 1. The zero-order valence-electron chi connectivity index (χ0n) is 37.6. The van der Waals surface area contributed by atoms with Crippen LogP contribution in [-0.2, 0) is 32.9 Å². The normalized spacial score (nSPS) is 12.8. The summed E-state index contributed by atoms with van der Waals surface area (Å²) in [5.41, 5.74) is 8.90. The van der Waals surface area contributed by atoms with E-state index in [0.717, 1.165) is 50.3 Å². The first-order valence-corrected chi connectivity index (χ1v) is 22.8. The Morgan fingerprint density at radius 2 is 1.13 bits per heavy atom. The van der Waals surface area contributed by atoms with Crippen molar-refractivity contribution in [3.8, 4) is 16.9 Å². The van der Waals surface area contributed by atoms with Gasteiger partial charge in [0.05, 0.1) is 19.3 Å². The first kappa shape index (κ1) is 46.0. The van der Waals surface area contributed by atoms with E-state index in [1.54, 1.807) is 31.4 Å². The van der Waals surface area contributed by atoms with Crippen LogP contribution in [0.1, 0.15) is 64.1 Å². The number of hydrogen-bond donors (Lipinski definition) is 5. The van der Waals surface area contributed by atoms with Crippen LogP contribution >= 0.6 is 0 Å². The molecule has 10 heteroatoms. The minimum absolute atomic E-state index is 0.0853. The van der Waals surface area contributed by atoms with Crippen molar-refractivity contribution in [2.24, 2.45) is 0 Å². The van der Waals surface area contributed by atoms with E-state index < -0.39 is 35.5 Å². The number of aliphatic hydroxyl groups is 1. The fourth-order valence-corrected chi connectivity index (χ4v) is 9.08. The lowest BCUT2D eigenvalue weighted by Crippen LogP contribution is -2.53. The number of hydrogen-bond acceptors (Lipinski definition) is 7. The molecule has 1 aliphatic rings. The van der Waals surface area contributed by atoms with Crippen LogP contribution in [0.4, 0.5) is 10.5 Å². The molecule has 10 nitrogen and oxygen atoms in total. The molecule has 8 rings (SSSR count). The molecule has 0 aliphatic heterocycles. The maximum Gasteiger partial charge on any atom is 0.407 e. The van der Waals surface area contributed by atoms with Gasteiger partial charge in [0.25, 0.3) is 0 Å². The Bertz CT molecular complexity index is 2630. The number of aliphatic hydroxyl groups excluding tert-OH is 1. The van der Waals surface area contributed by atoms with E-state index in [1.807, 2.05) is 103 Å². The molecule has 0 radical (unpaired) electrons. The van der Waals surface area contributed by atoms with Gasteiger partial charge in [-0.15, -0.1) is 0 Å². The van der Waals surface area contributed by atoms with Gasteiger partial charge in [0.1, 0.15) is 24.4 Å². The minimum atomic E-state index is -1.05. The summed E-state index contributed by atoms with van der Waals surface area (Å²) in [6.45, 7) is 0.525. The second-order valence-corrected chi connectivity index (χ2v) is 16.8. The second-order valence-electron chi connectivity index (χ2n) is 16.8. The summed E-state index contributed by atoms with van der Waals surface area (Å²) < 4.78 is 11.4. The van der Waals surface area contributed by atoms with Crippen molar-refractivity contribution in [3.05, 3.63) is 227 Å². The Labute approximate surface area is 392 Å². The third-order valence-electron chi connectivity index (χ3n) is 12.5. The highest BCUT2D eigenvalue weighted by molar-refractivity contribution is 5.98. The van der Waals surface area contributed by atoms with E-state index in [1.165, 1.54) is 0 Å². The summed E-state index contributed by atoms with van der Waals surface area (Å²) in [6, 6.07) is 59.3. The number of carbonyl (C=O) groups is 3. The molecule has 1 unspecified atom stereocenters. The number of ether oxygens (including phenoxy) is 2. The molecule has 5 N–H and O–H groups in total. The van der Waals surface area contributed by atoms with Crippen LogP contribution in [0, 0.1) is 0 Å². The second kappa shape index (κ2) is 22.1. The van der Waals surface area contributed by atoms with Crippen molar-refractivity contribution in [1.29, 1.82) is 0 Å². The molecule has 67 heavy (non-hydrogen) atoms. The maximum atomic E-state index is 14.4. The lowest BCUT2D eigenvalue weighted by molar-refractivity contribution is -0.128. The Kier molecular flexibility index (Phi) is 15.2. The van der Waals surface area contributed by atoms with Crippen LogP contribution in [-0.4, -0.2) is 55.4 Å². The van der Waals surface area contributed by atoms with Crippen LogP contribution in [0.15, 0.2) is 188 Å². The number of rotatable bonds is 20. The number of unbranched alkanes of at least 4 members (excludes halogenated alkanes) is 1. The van der Waals surface area contributed by atoms with Gasteiger partial charge in [0.2, 0.25) is 11.8 Å². The fourth-order valence-electron chi connectivity index (χ4n) is 9.08. The van der Waals surface area contributed by atoms with Gasteiger partial charge in [-0.05, 0) is 100 Å². The van der Waals surface area contributed by atoms with Crippen molar-refractivity contribution in [1.82, 2.24) is 16.0 Å². The SMILES string of the molecule is COc1ccc(C(NCCCCC(NC(=O)[C@H](Cc2ccccc2)NC(=O)OCC2c3ccccc3-c3ccccc32)C(=O)Nc2ccc(CO)cc2)(c2ccccc2)c2ccccc2)cc1. The van der Waals surface area contributed by atoms with E-state index in [2.05, 4.69) is 81.9 Å². The van der Waals surface area contributed by atoms with Crippen LogP contribution in [0.5, 0.6) is 5.75 Å². The van der Waals surface area contributed by atoms with Gasteiger partial charge in [0.15, 0.2) is 0 Å². The predicted molar refractivity (Wildman–Crippen MR) is 263 cm³/mol. The number of fused-ring (bicyclic) bond motifs is 3. The smallest absolute Gasteiger partial charge is 0.407 e. The summed E-state index contributed by atoms with van der Waals surface area (Å²) in [5.74, 6) is -0.318. The van der Waals surface area contributed by atoms with Crippen molar-refractivity contribution < 1.29 is 29.0 Å². The highest BCUT2D eigenvalue weighted by Gasteiger charge is 2.36. The molecular weight excluding hydrogens is 837 g/mol. The Morgan fingerprint density at radius 1 is 0.582 bits per heavy atom. The number of amides is 3. The maximum absolute atomic E-state index is 14.4. The van der Waals surface area contributed by atoms with Gasteiger partial charge < -0.3 is 30.5 Å². The van der Waals surface area contributed by atoms with Crippen molar-refractivity contribution in [2.75, 3.05) is 25.6 Å². The average Bonchev–Trinajstić information content (AvgIpc) is 3.70. The van der Waals surface area contributed by atoms with Crippen LogP contribution in [0.25, 0.3) is 11.1 Å². The molecule has 2 atom stereocenters. The number of carbonyl (C=O) groups excluding carboxylic acids is 3. The van der Waals surface area contributed by atoms with Gasteiger partial charge in [-0.2, -0.15) is 0 Å². The number of nitrogens with one attached hydrogen (secondary N) is 4. The standard InChI is InChI=1S/C57H56N4O6/c1-66-46-34-30-44(31-35-46)57(42-19-7-3-8-20-42,43-21-9-4-10-22-43)58-36-16-15-27-52(54(63)59-45-32-28-41(38-62)29-33-45)60-55(64)53(37-40-17-5-2-6-18-40)61-56(65)67-39-51-49-25-13-11-23-47(49)48-24-12-14-26-50(48)51/h2-14,17-26,28-35,51-53,58,62H,15-16,27,36-39H2,1H3,(H,59,63)(H,60,64)(H,61,65)/t52?,53-/m0/s1. The van der Waals surface area contributed by atoms with Gasteiger partial charge in [-0.1, -0.05) is 164 Å². The van der Waals surface area contributed by atoms with Crippen molar-refractivity contribution in [3.63, 3.8) is 0 Å². The molecule has 0 saturated heterocycles. The quantitative estimate of drug-likeness (QED) is 0.0380. The van der Waals surface area contributed by atoms with Crippen molar-refractivity contribution >= 4 is 23.6 Å². The van der Waals surface area contributed by atoms with E-state index in [4.69, 9.17) is 9.47 Å². The van der Waals surface area contributed by atoms with Gasteiger partial charge in [-0.25, -0.2) is 4.79 Å². The van der Waals surface area contributed by atoms with E-state index >= 15 is 0 Å². The van der Waals surface area contributed by atoms with Crippen LogP contribution < -0.4 is 26.0 Å². The highest BCUT2D eigenvalue weighted by atomic mass is 16.5. The minimum Gasteiger partial charge on any atom is -0.497 e. The number of alkyl carbamates (subject to hydrolysis) is 1. The van der Waals surface area contributed by atoms with Gasteiger partial charge >= 0.3 is 6.09 Å². The predicted octanol–water partition coefficient (Wildman–Crippen LogP) is 9.51. The molecule has 1 aliphatic carbocycles. The third-order valence-corrected chi connectivity index (χ3v) is 12.5. The molecule has 0 saturated carbocycles. The molecular formula is C57H56N4O6. The lowest BCUT2D eigenvalue weighted by Gasteiger charge is -2.37. The van der Waals surface area contributed by atoms with E-state index in [0.29, 0.717) is 37.1 Å². The third kappa shape index (κ3) is 11.0. The van der Waals surface area contributed by atoms with Gasteiger partial charge in [-0.3, -0.25) is 14.9 Å². The van der Waals surface area contributed by atoms with E-state index in [-0.39, 0.29) is 25.6 Å². The molecule has 7 aromatic carbocycles. The van der Waals surface area contributed by atoms with Crippen molar-refractivity contribution in [2.45, 2.75) is 55.8 Å². The summed E-state index contributed by atoms with van der Waals surface area (Å²) in [6.07, 6.45) is 0.979. The topological polar surface area (TPSA) is 138 Å². The largest absolute Gasteiger partial charge is 0.497 e. The summed E-state index contributed by atoms with van der Waals surface area (Å²) in [4.78, 5) is 42.3. The van der Waals surface area contributed by atoms with Gasteiger partial charge in [0, 0.05) is 18.0 Å². The number of anilines is 1. The fraction of sp³-hybridized carbons (Fsp3) is 0.211. The Morgan fingerprint density at radius 3 is 1.72 bits per heavy atom. The first-order chi connectivity index (χ1) is 32.9. The molecule has 0 spiro atoms. The van der Waals surface area contributed by atoms with E-state index in [9.17, 15) is 19.5 Å². The Balaban J connectivity index is 0.994. The summed E-state index contributed by atoms with van der Waals surface area (Å²) in [5, 5.41) is 22.3. The van der Waals surface area contributed by atoms with Crippen LogP contribution in [0.3, 0.4) is 0 Å². The zero-order chi connectivity index (χ0) is 46.4.